The van der Waals surface area contributed by atoms with Gasteiger partial charge in [-0.25, -0.2) is 0 Å². The minimum atomic E-state index is -0.555. The van der Waals surface area contributed by atoms with E-state index in [2.05, 4.69) is 5.32 Å². The molecule has 1 aromatic heterocycles. The van der Waals surface area contributed by atoms with E-state index in [1.54, 1.807) is 17.0 Å². The van der Waals surface area contributed by atoms with Crippen molar-refractivity contribution in [2.45, 2.75) is 38.8 Å². The van der Waals surface area contributed by atoms with E-state index in [0.717, 1.165) is 19.3 Å². The maximum Gasteiger partial charge on any atom is 0.312 e. The molecule has 1 fully saturated rings. The molecule has 1 aliphatic rings. The fourth-order valence-electron chi connectivity index (χ4n) is 2.19. The lowest BCUT2D eigenvalue weighted by Gasteiger charge is -2.32. The SMILES string of the molecule is CC1CCCCN1C(=O)C(=O)NCc1ccco1. The number of nitrogens with one attached hydrogen (secondary N) is 1. The van der Waals surface area contributed by atoms with Crippen molar-refractivity contribution >= 4 is 11.8 Å². The van der Waals surface area contributed by atoms with Gasteiger partial charge in [0.05, 0.1) is 12.8 Å². The minimum Gasteiger partial charge on any atom is -0.467 e. The third kappa shape index (κ3) is 2.91. The molecule has 0 spiro atoms. The predicted octanol–water partition coefficient (Wildman–Crippen LogP) is 1.30. The van der Waals surface area contributed by atoms with Gasteiger partial charge in [0.15, 0.2) is 0 Å². The summed E-state index contributed by atoms with van der Waals surface area (Å²) in [6.45, 7) is 2.91. The molecule has 5 heteroatoms. The molecule has 98 valence electrons. The Labute approximate surface area is 106 Å². The molecule has 1 aliphatic heterocycles. The lowest BCUT2D eigenvalue weighted by molar-refractivity contribution is -0.148. The van der Waals surface area contributed by atoms with E-state index in [1.807, 2.05) is 6.92 Å². The molecule has 1 aromatic rings. The average Bonchev–Trinajstić information content (AvgIpc) is 2.89. The van der Waals surface area contributed by atoms with Gasteiger partial charge in [-0.2, -0.15) is 0 Å². The Morgan fingerprint density at radius 3 is 3.00 bits per heavy atom. The molecule has 2 heterocycles. The van der Waals surface area contributed by atoms with Crippen molar-refractivity contribution in [1.82, 2.24) is 10.2 Å². The van der Waals surface area contributed by atoms with E-state index in [-0.39, 0.29) is 12.6 Å². The lowest BCUT2D eigenvalue weighted by atomic mass is 10.0. The monoisotopic (exact) mass is 250 g/mol. The van der Waals surface area contributed by atoms with Crippen molar-refractivity contribution in [2.24, 2.45) is 0 Å². The Balaban J connectivity index is 1.86. The van der Waals surface area contributed by atoms with E-state index in [4.69, 9.17) is 4.42 Å². The van der Waals surface area contributed by atoms with Crippen LogP contribution in [0, 0.1) is 0 Å². The fraction of sp³-hybridized carbons (Fsp3) is 0.538. The number of carbonyl (C=O) groups excluding carboxylic acids is 2. The fourth-order valence-corrected chi connectivity index (χ4v) is 2.19. The van der Waals surface area contributed by atoms with Crippen LogP contribution in [-0.2, 0) is 16.1 Å². The first-order valence-corrected chi connectivity index (χ1v) is 6.29. The third-order valence-corrected chi connectivity index (χ3v) is 3.26. The summed E-state index contributed by atoms with van der Waals surface area (Å²) in [5.41, 5.74) is 0. The molecule has 1 saturated heterocycles. The molecule has 5 nitrogen and oxygen atoms in total. The summed E-state index contributed by atoms with van der Waals surface area (Å²) in [6.07, 6.45) is 4.60. The molecule has 18 heavy (non-hydrogen) atoms. The first-order valence-electron chi connectivity index (χ1n) is 6.29. The van der Waals surface area contributed by atoms with Gasteiger partial charge in [0.1, 0.15) is 5.76 Å². The Morgan fingerprint density at radius 2 is 2.33 bits per heavy atom. The number of likely N-dealkylation sites (tertiary alicyclic amines) is 1. The summed E-state index contributed by atoms with van der Waals surface area (Å²) in [5.74, 6) is -0.350. The van der Waals surface area contributed by atoms with Crippen molar-refractivity contribution in [1.29, 1.82) is 0 Å². The van der Waals surface area contributed by atoms with E-state index < -0.39 is 11.8 Å². The van der Waals surface area contributed by atoms with Crippen LogP contribution in [0.2, 0.25) is 0 Å². The zero-order valence-corrected chi connectivity index (χ0v) is 10.5. The highest BCUT2D eigenvalue weighted by Crippen LogP contribution is 2.16. The summed E-state index contributed by atoms with van der Waals surface area (Å²) in [4.78, 5) is 25.3. The number of amides is 2. The first-order chi connectivity index (χ1) is 8.68. The number of carbonyl (C=O) groups is 2. The molecule has 0 aromatic carbocycles. The van der Waals surface area contributed by atoms with E-state index in [9.17, 15) is 9.59 Å². The summed E-state index contributed by atoms with van der Waals surface area (Å²) >= 11 is 0. The van der Waals surface area contributed by atoms with Crippen molar-refractivity contribution in [3.8, 4) is 0 Å². The van der Waals surface area contributed by atoms with Crippen LogP contribution in [0.3, 0.4) is 0 Å². The Bertz CT molecular complexity index is 414. The molecule has 1 N–H and O–H groups in total. The van der Waals surface area contributed by atoms with Gasteiger partial charge in [0, 0.05) is 12.6 Å². The molecule has 1 atom stereocenters. The topological polar surface area (TPSA) is 62.6 Å². The van der Waals surface area contributed by atoms with Gasteiger partial charge in [-0.3, -0.25) is 9.59 Å². The van der Waals surface area contributed by atoms with Crippen molar-refractivity contribution in [3.63, 3.8) is 0 Å². The molecule has 1 unspecified atom stereocenters. The maximum atomic E-state index is 12.0. The number of piperidine rings is 1. The average molecular weight is 250 g/mol. The highest BCUT2D eigenvalue weighted by molar-refractivity contribution is 6.35. The summed E-state index contributed by atoms with van der Waals surface area (Å²) < 4.78 is 5.09. The first kappa shape index (κ1) is 12.7. The Kier molecular flexibility index (Phi) is 4.02. The molecule has 2 rings (SSSR count). The van der Waals surface area contributed by atoms with Crippen LogP contribution in [0.4, 0.5) is 0 Å². The smallest absolute Gasteiger partial charge is 0.312 e. The van der Waals surface area contributed by atoms with Gasteiger partial charge < -0.3 is 14.6 Å². The van der Waals surface area contributed by atoms with Gasteiger partial charge in [-0.1, -0.05) is 0 Å². The van der Waals surface area contributed by atoms with Crippen LogP contribution in [0.5, 0.6) is 0 Å². The van der Waals surface area contributed by atoms with Crippen LogP contribution < -0.4 is 5.32 Å². The minimum absolute atomic E-state index is 0.153. The molecule has 0 radical (unpaired) electrons. The second-order valence-electron chi connectivity index (χ2n) is 4.61. The van der Waals surface area contributed by atoms with Gasteiger partial charge in [-0.15, -0.1) is 0 Å². The van der Waals surface area contributed by atoms with Gasteiger partial charge in [-0.05, 0) is 38.3 Å². The number of hydrogen-bond acceptors (Lipinski definition) is 3. The highest BCUT2D eigenvalue weighted by atomic mass is 16.3. The molecule has 0 bridgehead atoms. The summed E-state index contributed by atoms with van der Waals surface area (Å²) in [5, 5.41) is 2.58. The second-order valence-corrected chi connectivity index (χ2v) is 4.61. The lowest BCUT2D eigenvalue weighted by Crippen LogP contribution is -2.48. The molecular weight excluding hydrogens is 232 g/mol. The molecule has 0 aliphatic carbocycles. The van der Waals surface area contributed by atoms with Crippen LogP contribution in [0.1, 0.15) is 31.9 Å². The van der Waals surface area contributed by atoms with Crippen molar-refractivity contribution < 1.29 is 14.0 Å². The van der Waals surface area contributed by atoms with E-state index >= 15 is 0 Å². The van der Waals surface area contributed by atoms with Crippen LogP contribution in [-0.4, -0.2) is 29.3 Å². The quantitative estimate of drug-likeness (QED) is 0.805. The predicted molar refractivity (Wildman–Crippen MR) is 65.6 cm³/mol. The zero-order valence-electron chi connectivity index (χ0n) is 10.5. The van der Waals surface area contributed by atoms with Crippen molar-refractivity contribution in [3.05, 3.63) is 24.2 Å². The summed E-state index contributed by atoms with van der Waals surface area (Å²) in [6, 6.07) is 3.66. The van der Waals surface area contributed by atoms with E-state index in [1.165, 1.54) is 6.26 Å². The Morgan fingerprint density at radius 1 is 1.50 bits per heavy atom. The summed E-state index contributed by atoms with van der Waals surface area (Å²) in [7, 11) is 0. The van der Waals surface area contributed by atoms with Crippen molar-refractivity contribution in [2.75, 3.05) is 6.54 Å². The van der Waals surface area contributed by atoms with E-state index in [0.29, 0.717) is 12.3 Å². The number of nitrogens with zero attached hydrogens (tertiary/aromatic N) is 1. The Hall–Kier alpha value is -1.78. The van der Waals surface area contributed by atoms with Gasteiger partial charge >= 0.3 is 11.8 Å². The maximum absolute atomic E-state index is 12.0. The molecule has 0 saturated carbocycles. The number of furan rings is 1. The standard InChI is InChI=1S/C13H18N2O3/c1-10-5-2-3-7-15(10)13(17)12(16)14-9-11-6-4-8-18-11/h4,6,8,10H,2-3,5,7,9H2,1H3,(H,14,16). The van der Waals surface area contributed by atoms with Crippen LogP contribution in [0.25, 0.3) is 0 Å². The highest BCUT2D eigenvalue weighted by Gasteiger charge is 2.27. The van der Waals surface area contributed by atoms with Gasteiger partial charge in [0.2, 0.25) is 0 Å². The number of hydrogen-bond donors (Lipinski definition) is 1. The third-order valence-electron chi connectivity index (χ3n) is 3.26. The molecule has 2 amide bonds. The number of rotatable bonds is 2. The second kappa shape index (κ2) is 5.71. The normalized spacial score (nSPS) is 19.6. The van der Waals surface area contributed by atoms with Gasteiger partial charge in [0.25, 0.3) is 0 Å². The zero-order chi connectivity index (χ0) is 13.0. The van der Waals surface area contributed by atoms with Crippen LogP contribution >= 0.6 is 0 Å². The molecular formula is C13H18N2O3. The van der Waals surface area contributed by atoms with Crippen LogP contribution in [0.15, 0.2) is 22.8 Å². The largest absolute Gasteiger partial charge is 0.467 e.